The van der Waals surface area contributed by atoms with E-state index >= 15 is 0 Å². The molecule has 4 nitrogen and oxygen atoms in total. The van der Waals surface area contributed by atoms with E-state index in [9.17, 15) is 9.90 Å². The summed E-state index contributed by atoms with van der Waals surface area (Å²) in [6, 6.07) is 7.84. The quantitative estimate of drug-likeness (QED) is 0.879. The van der Waals surface area contributed by atoms with E-state index in [0.717, 1.165) is 38.2 Å². The number of aryl methyl sites for hydroxylation is 1. The molecule has 1 atom stereocenters. The molecule has 1 aromatic carbocycles. The van der Waals surface area contributed by atoms with E-state index in [4.69, 9.17) is 0 Å². The zero-order valence-corrected chi connectivity index (χ0v) is 12.1. The molecule has 110 valence electrons. The Morgan fingerprint density at radius 2 is 2.05 bits per heavy atom. The monoisotopic (exact) mass is 276 g/mol. The lowest BCUT2D eigenvalue weighted by Crippen LogP contribution is -2.34. The Hall–Kier alpha value is -1.39. The highest BCUT2D eigenvalue weighted by atomic mass is 16.3. The molecule has 1 aliphatic rings. The Labute approximate surface area is 120 Å². The molecule has 4 heteroatoms. The van der Waals surface area contributed by atoms with Crippen molar-refractivity contribution in [3.05, 3.63) is 35.4 Å². The van der Waals surface area contributed by atoms with E-state index in [-0.39, 0.29) is 5.91 Å². The van der Waals surface area contributed by atoms with Gasteiger partial charge in [0.25, 0.3) is 0 Å². The minimum absolute atomic E-state index is 0.153. The molecule has 1 aromatic rings. The Kier molecular flexibility index (Phi) is 5.56. The number of nitrogens with zero attached hydrogens (tertiary/aromatic N) is 1. The van der Waals surface area contributed by atoms with Crippen LogP contribution >= 0.6 is 0 Å². The molecule has 1 amide bonds. The van der Waals surface area contributed by atoms with Gasteiger partial charge in [0.15, 0.2) is 0 Å². The molecule has 1 saturated heterocycles. The smallest absolute Gasteiger partial charge is 0.222 e. The van der Waals surface area contributed by atoms with Gasteiger partial charge in [-0.2, -0.15) is 0 Å². The van der Waals surface area contributed by atoms with Crippen LogP contribution in [0.1, 0.15) is 36.5 Å². The first kappa shape index (κ1) is 15.0. The number of rotatable bonds is 4. The van der Waals surface area contributed by atoms with Crippen molar-refractivity contribution < 1.29 is 9.90 Å². The van der Waals surface area contributed by atoms with Crippen LogP contribution in [0.4, 0.5) is 0 Å². The second kappa shape index (κ2) is 7.41. The number of benzene rings is 1. The van der Waals surface area contributed by atoms with Crippen LogP contribution in [-0.4, -0.2) is 42.1 Å². The van der Waals surface area contributed by atoms with Crippen molar-refractivity contribution in [3.63, 3.8) is 0 Å². The number of hydrogen-bond acceptors (Lipinski definition) is 3. The first-order valence-electron chi connectivity index (χ1n) is 7.40. The molecule has 1 aliphatic heterocycles. The van der Waals surface area contributed by atoms with E-state index in [1.54, 1.807) is 0 Å². The van der Waals surface area contributed by atoms with Crippen molar-refractivity contribution in [2.24, 2.45) is 0 Å². The number of aliphatic hydroxyl groups excluding tert-OH is 1. The van der Waals surface area contributed by atoms with Crippen LogP contribution in [0.2, 0.25) is 0 Å². The van der Waals surface area contributed by atoms with Crippen molar-refractivity contribution in [2.45, 2.75) is 32.3 Å². The number of carbonyl (C=O) groups excluding carboxylic acids is 1. The lowest BCUT2D eigenvalue weighted by molar-refractivity contribution is -0.131. The molecule has 1 heterocycles. The van der Waals surface area contributed by atoms with Crippen LogP contribution in [0.3, 0.4) is 0 Å². The zero-order valence-electron chi connectivity index (χ0n) is 12.1. The number of amides is 1. The maximum atomic E-state index is 12.1. The summed E-state index contributed by atoms with van der Waals surface area (Å²) in [6.45, 7) is 5.47. The fourth-order valence-electron chi connectivity index (χ4n) is 2.47. The second-order valence-electron chi connectivity index (χ2n) is 5.45. The molecule has 0 spiro atoms. The first-order valence-corrected chi connectivity index (χ1v) is 7.40. The highest BCUT2D eigenvalue weighted by Crippen LogP contribution is 2.19. The lowest BCUT2D eigenvalue weighted by Gasteiger charge is -2.20. The van der Waals surface area contributed by atoms with E-state index in [2.05, 4.69) is 5.32 Å². The van der Waals surface area contributed by atoms with Gasteiger partial charge in [0.1, 0.15) is 0 Å². The number of hydrogen-bond donors (Lipinski definition) is 2. The highest BCUT2D eigenvalue weighted by Gasteiger charge is 2.17. The molecule has 1 unspecified atom stereocenters. The van der Waals surface area contributed by atoms with Crippen LogP contribution in [0.5, 0.6) is 0 Å². The molecule has 1 fully saturated rings. The van der Waals surface area contributed by atoms with Gasteiger partial charge in [0, 0.05) is 26.1 Å². The molecule has 0 saturated carbocycles. The molecular formula is C16H24N2O2. The zero-order chi connectivity index (χ0) is 14.4. The van der Waals surface area contributed by atoms with Gasteiger partial charge in [0.2, 0.25) is 5.91 Å². The summed E-state index contributed by atoms with van der Waals surface area (Å²) < 4.78 is 0. The number of aliphatic hydroxyl groups is 1. The Morgan fingerprint density at radius 1 is 1.30 bits per heavy atom. The van der Waals surface area contributed by atoms with Crippen molar-refractivity contribution in [2.75, 3.05) is 26.2 Å². The summed E-state index contributed by atoms with van der Waals surface area (Å²) in [5.41, 5.74) is 2.06. The predicted molar refractivity (Wildman–Crippen MR) is 79.4 cm³/mol. The second-order valence-corrected chi connectivity index (χ2v) is 5.45. The largest absolute Gasteiger partial charge is 0.388 e. The van der Waals surface area contributed by atoms with Crippen LogP contribution in [-0.2, 0) is 4.79 Å². The van der Waals surface area contributed by atoms with Crippen molar-refractivity contribution in [3.8, 4) is 0 Å². The van der Waals surface area contributed by atoms with Gasteiger partial charge in [-0.1, -0.05) is 29.8 Å². The average molecular weight is 276 g/mol. The summed E-state index contributed by atoms with van der Waals surface area (Å²) in [6.07, 6.45) is 1.36. The molecule has 0 radical (unpaired) electrons. The van der Waals surface area contributed by atoms with Crippen molar-refractivity contribution in [1.29, 1.82) is 0 Å². The van der Waals surface area contributed by atoms with Gasteiger partial charge < -0.3 is 15.3 Å². The molecule has 0 aliphatic carbocycles. The van der Waals surface area contributed by atoms with Crippen LogP contribution in [0, 0.1) is 6.92 Å². The highest BCUT2D eigenvalue weighted by molar-refractivity contribution is 5.76. The van der Waals surface area contributed by atoms with E-state index < -0.39 is 6.10 Å². The number of nitrogens with one attached hydrogen (secondary N) is 1. The van der Waals surface area contributed by atoms with Gasteiger partial charge in [-0.15, -0.1) is 0 Å². The molecule has 0 bridgehead atoms. The topological polar surface area (TPSA) is 52.6 Å². The van der Waals surface area contributed by atoms with E-state index in [1.165, 1.54) is 5.56 Å². The molecule has 2 rings (SSSR count). The van der Waals surface area contributed by atoms with Crippen molar-refractivity contribution in [1.82, 2.24) is 10.2 Å². The summed E-state index contributed by atoms with van der Waals surface area (Å²) >= 11 is 0. The van der Waals surface area contributed by atoms with Gasteiger partial charge in [-0.3, -0.25) is 4.79 Å². The average Bonchev–Trinajstić information content (AvgIpc) is 2.74. The molecule has 20 heavy (non-hydrogen) atoms. The SMILES string of the molecule is Cc1ccc(C(O)CCC(=O)N2CCCNCC2)cc1. The normalized spacial score (nSPS) is 17.6. The molecule has 2 N–H and O–H groups in total. The maximum absolute atomic E-state index is 12.1. The van der Waals surface area contributed by atoms with E-state index in [0.29, 0.717) is 12.8 Å². The minimum atomic E-state index is -0.551. The van der Waals surface area contributed by atoms with Crippen LogP contribution < -0.4 is 5.32 Å². The fourth-order valence-corrected chi connectivity index (χ4v) is 2.47. The third-order valence-corrected chi connectivity index (χ3v) is 3.79. The summed E-state index contributed by atoms with van der Waals surface area (Å²) in [4.78, 5) is 14.0. The predicted octanol–water partition coefficient (Wildman–Crippen LogP) is 1.63. The summed E-state index contributed by atoms with van der Waals surface area (Å²) in [5.74, 6) is 0.153. The van der Waals surface area contributed by atoms with Gasteiger partial charge >= 0.3 is 0 Å². The minimum Gasteiger partial charge on any atom is -0.388 e. The fraction of sp³-hybridized carbons (Fsp3) is 0.562. The van der Waals surface area contributed by atoms with Crippen molar-refractivity contribution >= 4 is 5.91 Å². The van der Waals surface area contributed by atoms with Gasteiger partial charge in [-0.05, 0) is 31.9 Å². The molecular weight excluding hydrogens is 252 g/mol. The number of carbonyl (C=O) groups is 1. The Bertz CT molecular complexity index is 423. The first-order chi connectivity index (χ1) is 9.66. The van der Waals surface area contributed by atoms with Crippen LogP contribution in [0.25, 0.3) is 0 Å². The van der Waals surface area contributed by atoms with E-state index in [1.807, 2.05) is 36.1 Å². The summed E-state index contributed by atoms with van der Waals surface area (Å²) in [7, 11) is 0. The lowest BCUT2D eigenvalue weighted by atomic mass is 10.0. The Morgan fingerprint density at radius 3 is 2.80 bits per heavy atom. The van der Waals surface area contributed by atoms with Crippen LogP contribution in [0.15, 0.2) is 24.3 Å². The maximum Gasteiger partial charge on any atom is 0.222 e. The summed E-state index contributed by atoms with van der Waals surface area (Å²) in [5, 5.41) is 13.4. The van der Waals surface area contributed by atoms with Gasteiger partial charge in [0.05, 0.1) is 6.10 Å². The third kappa shape index (κ3) is 4.32. The third-order valence-electron chi connectivity index (χ3n) is 3.79. The van der Waals surface area contributed by atoms with Gasteiger partial charge in [-0.25, -0.2) is 0 Å². The Balaban J connectivity index is 1.81. The standard InChI is InChI=1S/C16H24N2O2/c1-13-3-5-14(6-4-13)15(19)7-8-16(20)18-11-2-9-17-10-12-18/h3-6,15,17,19H,2,7-12H2,1H3. The molecule has 0 aromatic heterocycles.